The molecule has 1 saturated heterocycles. The van der Waals surface area contributed by atoms with Crippen LogP contribution >= 0.6 is 11.8 Å². The zero-order valence-corrected chi connectivity index (χ0v) is 19.4. The van der Waals surface area contributed by atoms with Gasteiger partial charge in [-0.05, 0) is 51.5 Å². The number of rotatable bonds is 6. The average Bonchev–Trinajstić information content (AvgIpc) is 2.95. The van der Waals surface area contributed by atoms with E-state index in [2.05, 4.69) is 5.32 Å². The molecule has 172 valence electrons. The van der Waals surface area contributed by atoms with E-state index in [0.717, 1.165) is 4.90 Å². The van der Waals surface area contributed by atoms with E-state index in [1.165, 1.54) is 16.7 Å². The second-order valence-electron chi connectivity index (χ2n) is 8.73. The first-order valence-corrected chi connectivity index (χ1v) is 11.4. The number of nitrogens with one attached hydrogen (secondary N) is 1. The third-order valence-corrected chi connectivity index (χ3v) is 6.17. The highest BCUT2D eigenvalue weighted by Gasteiger charge is 2.45. The molecule has 0 spiro atoms. The number of ether oxygens (including phenoxy) is 1. The fraction of sp³-hybridized carbons (Fsp3) is 0.500. The highest BCUT2D eigenvalue weighted by Crippen LogP contribution is 2.34. The summed E-state index contributed by atoms with van der Waals surface area (Å²) in [7, 11) is 1.67. The van der Waals surface area contributed by atoms with Crippen molar-refractivity contribution in [1.29, 1.82) is 0 Å². The monoisotopic (exact) mass is 461 g/mol. The first kappa shape index (κ1) is 23.8. The maximum absolute atomic E-state index is 13.1. The van der Waals surface area contributed by atoms with Crippen molar-refractivity contribution in [2.45, 2.75) is 56.6 Å². The Balaban J connectivity index is 1.63. The molecule has 3 rings (SSSR count). The molecule has 10 heteroatoms. The number of nitrogens with zero attached hydrogens (tertiary/aromatic N) is 2. The van der Waals surface area contributed by atoms with Crippen LogP contribution in [0.2, 0.25) is 0 Å². The fourth-order valence-corrected chi connectivity index (χ4v) is 4.53. The summed E-state index contributed by atoms with van der Waals surface area (Å²) in [5.74, 6) is -1.46. The van der Waals surface area contributed by atoms with Gasteiger partial charge in [0.25, 0.3) is 11.8 Å². The Morgan fingerprint density at radius 1 is 1.22 bits per heavy atom. The van der Waals surface area contributed by atoms with Crippen molar-refractivity contribution in [2.75, 3.05) is 19.3 Å². The Labute approximate surface area is 190 Å². The molecule has 2 aliphatic rings. The van der Waals surface area contributed by atoms with E-state index in [-0.39, 0.29) is 24.0 Å². The molecule has 1 atom stereocenters. The van der Waals surface area contributed by atoms with Crippen LogP contribution in [0.4, 0.5) is 4.79 Å². The lowest BCUT2D eigenvalue weighted by molar-refractivity contribution is -0.136. The Hall–Kier alpha value is -2.88. The largest absolute Gasteiger partial charge is 0.444 e. The highest BCUT2D eigenvalue weighted by molar-refractivity contribution is 7.99. The number of carbonyl (C=O) groups excluding carboxylic acids is 5. The molecule has 0 radical (unpaired) electrons. The van der Waals surface area contributed by atoms with Gasteiger partial charge in [-0.25, -0.2) is 4.79 Å². The lowest BCUT2D eigenvalue weighted by Crippen LogP contribution is -2.54. The molecule has 2 aliphatic heterocycles. The Morgan fingerprint density at radius 2 is 1.94 bits per heavy atom. The van der Waals surface area contributed by atoms with Gasteiger partial charge in [0.05, 0.1) is 11.1 Å². The molecule has 0 aromatic heterocycles. The zero-order chi connectivity index (χ0) is 23.6. The van der Waals surface area contributed by atoms with Gasteiger partial charge in [0.15, 0.2) is 0 Å². The quantitative estimate of drug-likeness (QED) is 0.393. The van der Waals surface area contributed by atoms with Crippen molar-refractivity contribution in [3.8, 4) is 0 Å². The molecule has 0 bridgehead atoms. The molecule has 2 heterocycles. The van der Waals surface area contributed by atoms with E-state index in [1.807, 2.05) is 0 Å². The number of hydrogen-bond acceptors (Lipinski definition) is 7. The number of carbonyl (C=O) groups is 5. The number of hydrogen-bond donors (Lipinski definition) is 1. The van der Waals surface area contributed by atoms with Crippen LogP contribution in [0.3, 0.4) is 0 Å². The van der Waals surface area contributed by atoms with Crippen LogP contribution in [0.5, 0.6) is 0 Å². The normalized spacial score (nSPS) is 18.5. The van der Waals surface area contributed by atoms with Crippen molar-refractivity contribution in [3.05, 3.63) is 29.3 Å². The number of imide groups is 2. The van der Waals surface area contributed by atoms with E-state index in [0.29, 0.717) is 23.6 Å². The minimum atomic E-state index is -0.986. The van der Waals surface area contributed by atoms with Crippen molar-refractivity contribution in [3.63, 3.8) is 0 Å². The molecule has 5 amide bonds. The van der Waals surface area contributed by atoms with Crippen molar-refractivity contribution in [2.24, 2.45) is 0 Å². The van der Waals surface area contributed by atoms with Crippen molar-refractivity contribution in [1.82, 2.24) is 15.1 Å². The molecular formula is C22H27N3O6S. The number of benzene rings is 1. The van der Waals surface area contributed by atoms with Crippen LogP contribution in [0.15, 0.2) is 23.1 Å². The summed E-state index contributed by atoms with van der Waals surface area (Å²) in [6, 6.07) is 4.05. The Bertz CT molecular complexity index is 971. The molecule has 1 unspecified atom stereocenters. The summed E-state index contributed by atoms with van der Waals surface area (Å²) >= 11 is 1.42. The van der Waals surface area contributed by atoms with E-state index >= 15 is 0 Å². The molecule has 0 aliphatic carbocycles. The topological polar surface area (TPSA) is 113 Å². The van der Waals surface area contributed by atoms with Crippen LogP contribution < -0.4 is 5.32 Å². The van der Waals surface area contributed by atoms with Gasteiger partial charge < -0.3 is 9.64 Å². The average molecular weight is 462 g/mol. The van der Waals surface area contributed by atoms with Crippen LogP contribution in [-0.4, -0.2) is 70.5 Å². The van der Waals surface area contributed by atoms with Gasteiger partial charge >= 0.3 is 6.09 Å². The second-order valence-corrected chi connectivity index (χ2v) is 9.87. The van der Waals surface area contributed by atoms with Crippen molar-refractivity contribution < 1.29 is 28.7 Å². The van der Waals surface area contributed by atoms with E-state index < -0.39 is 41.4 Å². The highest BCUT2D eigenvalue weighted by atomic mass is 32.2. The van der Waals surface area contributed by atoms with Gasteiger partial charge in [0.2, 0.25) is 11.8 Å². The summed E-state index contributed by atoms with van der Waals surface area (Å²) in [5, 5.41) is 2.19. The lowest BCUT2D eigenvalue weighted by Gasteiger charge is -2.27. The van der Waals surface area contributed by atoms with Gasteiger partial charge in [-0.1, -0.05) is 6.07 Å². The number of piperidine rings is 1. The van der Waals surface area contributed by atoms with Crippen LogP contribution in [-0.2, 0) is 14.3 Å². The summed E-state index contributed by atoms with van der Waals surface area (Å²) in [5.41, 5.74) is -0.0188. The van der Waals surface area contributed by atoms with Crippen molar-refractivity contribution >= 4 is 41.5 Å². The zero-order valence-electron chi connectivity index (χ0n) is 18.6. The second kappa shape index (κ2) is 9.32. The molecule has 1 fully saturated rings. The van der Waals surface area contributed by atoms with E-state index in [9.17, 15) is 24.0 Å². The summed E-state index contributed by atoms with van der Waals surface area (Å²) in [6.07, 6.45) is 0.457. The minimum absolute atomic E-state index is 0.0799. The van der Waals surface area contributed by atoms with Gasteiger partial charge in [-0.15, -0.1) is 11.8 Å². The molecule has 1 aromatic rings. The smallest absolute Gasteiger partial charge is 0.410 e. The van der Waals surface area contributed by atoms with Crippen LogP contribution in [0, 0.1) is 0 Å². The molecule has 9 nitrogen and oxygen atoms in total. The molecule has 0 saturated carbocycles. The van der Waals surface area contributed by atoms with Gasteiger partial charge in [-0.2, -0.15) is 0 Å². The van der Waals surface area contributed by atoms with E-state index in [1.54, 1.807) is 46.0 Å². The van der Waals surface area contributed by atoms with Gasteiger partial charge in [0.1, 0.15) is 11.6 Å². The predicted octanol–water partition coefficient (Wildman–Crippen LogP) is 2.44. The Kier molecular flexibility index (Phi) is 6.92. The summed E-state index contributed by atoms with van der Waals surface area (Å²) in [6.45, 7) is 5.90. The standard InChI is InChI=1S/C22H27N3O6S/c1-22(2,3)31-21(30)24(4)11-6-12-32-15-8-5-7-13-17(15)20(29)25(19(13)28)14-9-10-16(26)23-18(14)27/h5,7-8,14H,6,9-12H2,1-4H3,(H,23,26,27). The maximum atomic E-state index is 13.1. The SMILES string of the molecule is CN(CCCSc1cccc2c1C(=O)N(C1CCC(=O)NC1=O)C2=O)C(=O)OC(C)(C)C. The molecule has 1 N–H and O–H groups in total. The molecule has 1 aromatic carbocycles. The third-order valence-electron chi connectivity index (χ3n) is 5.03. The van der Waals surface area contributed by atoms with Gasteiger partial charge in [0, 0.05) is 24.9 Å². The first-order chi connectivity index (χ1) is 15.0. The third kappa shape index (κ3) is 5.12. The maximum Gasteiger partial charge on any atom is 0.410 e. The van der Waals surface area contributed by atoms with E-state index in [4.69, 9.17) is 4.74 Å². The number of thioether (sulfide) groups is 1. The number of amides is 5. The van der Waals surface area contributed by atoms with Crippen LogP contribution in [0.25, 0.3) is 0 Å². The Morgan fingerprint density at radius 3 is 2.59 bits per heavy atom. The van der Waals surface area contributed by atoms with Gasteiger partial charge in [-0.3, -0.25) is 29.4 Å². The van der Waals surface area contributed by atoms with Crippen LogP contribution in [0.1, 0.15) is 60.7 Å². The summed E-state index contributed by atoms with van der Waals surface area (Å²) < 4.78 is 5.32. The minimum Gasteiger partial charge on any atom is -0.444 e. The lowest BCUT2D eigenvalue weighted by atomic mass is 10.0. The molecule has 32 heavy (non-hydrogen) atoms. The molecular weight excluding hydrogens is 434 g/mol. The first-order valence-electron chi connectivity index (χ1n) is 10.4. The number of fused-ring (bicyclic) bond motifs is 1. The fourth-order valence-electron chi connectivity index (χ4n) is 3.52. The predicted molar refractivity (Wildman–Crippen MR) is 117 cm³/mol. The summed E-state index contributed by atoms with van der Waals surface area (Å²) in [4.78, 5) is 64.7.